The van der Waals surface area contributed by atoms with E-state index < -0.39 is 10.0 Å². The van der Waals surface area contributed by atoms with E-state index in [9.17, 15) is 13.2 Å². The van der Waals surface area contributed by atoms with Gasteiger partial charge >= 0.3 is 0 Å². The van der Waals surface area contributed by atoms with Gasteiger partial charge in [0.2, 0.25) is 15.9 Å². The number of ether oxygens (including phenoxy) is 1. The van der Waals surface area contributed by atoms with Gasteiger partial charge in [0.15, 0.2) is 0 Å². The highest BCUT2D eigenvalue weighted by Crippen LogP contribution is 2.22. The van der Waals surface area contributed by atoms with Gasteiger partial charge in [0.05, 0.1) is 18.6 Å². The van der Waals surface area contributed by atoms with E-state index >= 15 is 0 Å². The number of hydrogen-bond donors (Lipinski definition) is 1. The number of rotatable bonds is 10. The number of anilines is 2. The van der Waals surface area contributed by atoms with Crippen molar-refractivity contribution < 1.29 is 17.9 Å². The molecule has 1 N–H and O–H groups in total. The van der Waals surface area contributed by atoms with Crippen LogP contribution in [0.5, 0.6) is 5.75 Å². The van der Waals surface area contributed by atoms with E-state index in [1.807, 2.05) is 31.2 Å². The Morgan fingerprint density at radius 1 is 1.04 bits per heavy atom. The summed E-state index contributed by atoms with van der Waals surface area (Å²) in [5.74, 6) is 0.553. The van der Waals surface area contributed by atoms with Gasteiger partial charge in [0.1, 0.15) is 5.75 Å². The van der Waals surface area contributed by atoms with Crippen LogP contribution in [0.25, 0.3) is 0 Å². The van der Waals surface area contributed by atoms with Crippen molar-refractivity contribution in [3.05, 3.63) is 54.1 Å². The highest BCUT2D eigenvalue weighted by molar-refractivity contribution is 7.92. The van der Waals surface area contributed by atoms with Gasteiger partial charge in [-0.1, -0.05) is 19.1 Å². The van der Waals surface area contributed by atoms with Gasteiger partial charge in [-0.2, -0.15) is 0 Å². The average molecular weight is 405 g/mol. The average Bonchev–Trinajstić information content (AvgIpc) is 2.66. The van der Waals surface area contributed by atoms with Crippen molar-refractivity contribution in [3.8, 4) is 5.75 Å². The fraction of sp³-hybridized carbons (Fsp3) is 0.381. The summed E-state index contributed by atoms with van der Waals surface area (Å²) in [5.41, 5.74) is 2.51. The number of nitrogens with zero attached hydrogens (tertiary/aromatic N) is 1. The molecule has 0 heterocycles. The van der Waals surface area contributed by atoms with Crippen LogP contribution in [0.4, 0.5) is 11.4 Å². The summed E-state index contributed by atoms with van der Waals surface area (Å²) >= 11 is 0. The molecular formula is C21H28N2O4S. The van der Waals surface area contributed by atoms with Gasteiger partial charge in [0, 0.05) is 18.7 Å². The van der Waals surface area contributed by atoms with Crippen molar-refractivity contribution in [3.63, 3.8) is 0 Å². The lowest BCUT2D eigenvalue weighted by molar-refractivity contribution is -0.116. The summed E-state index contributed by atoms with van der Waals surface area (Å²) in [6, 6.07) is 14.6. The van der Waals surface area contributed by atoms with E-state index in [0.29, 0.717) is 24.5 Å². The number of aryl methyl sites for hydroxylation is 1. The molecule has 0 aliphatic carbocycles. The topological polar surface area (TPSA) is 75.7 Å². The minimum absolute atomic E-state index is 0.135. The van der Waals surface area contributed by atoms with Crippen LogP contribution in [0.1, 0.15) is 32.3 Å². The Kier molecular flexibility index (Phi) is 7.87. The van der Waals surface area contributed by atoms with E-state index in [2.05, 4.69) is 12.2 Å². The SMILES string of the molecule is CCOc1ccc(N(CCCC(=O)Nc2ccc(CC)cc2)S(C)(=O)=O)cc1. The Balaban J connectivity index is 1.93. The smallest absolute Gasteiger partial charge is 0.232 e. The number of carbonyl (C=O) groups excluding carboxylic acids is 1. The fourth-order valence-corrected chi connectivity index (χ4v) is 3.76. The summed E-state index contributed by atoms with van der Waals surface area (Å²) in [6.45, 7) is 4.74. The normalized spacial score (nSPS) is 11.1. The minimum atomic E-state index is -3.45. The molecular weight excluding hydrogens is 376 g/mol. The lowest BCUT2D eigenvalue weighted by Gasteiger charge is -2.22. The minimum Gasteiger partial charge on any atom is -0.494 e. The van der Waals surface area contributed by atoms with Crippen LogP contribution >= 0.6 is 0 Å². The number of sulfonamides is 1. The van der Waals surface area contributed by atoms with Crippen LogP contribution in [0.2, 0.25) is 0 Å². The number of benzene rings is 2. The first-order chi connectivity index (χ1) is 13.3. The van der Waals surface area contributed by atoms with Crippen LogP contribution in [0.15, 0.2) is 48.5 Å². The van der Waals surface area contributed by atoms with Crippen LogP contribution < -0.4 is 14.4 Å². The van der Waals surface area contributed by atoms with E-state index in [4.69, 9.17) is 4.74 Å². The Bertz CT molecular complexity index is 862. The zero-order valence-corrected chi connectivity index (χ0v) is 17.5. The zero-order chi connectivity index (χ0) is 20.6. The molecule has 2 aromatic rings. The predicted molar refractivity (Wildman–Crippen MR) is 113 cm³/mol. The Morgan fingerprint density at radius 3 is 2.21 bits per heavy atom. The van der Waals surface area contributed by atoms with Gasteiger partial charge in [-0.05, 0) is 61.7 Å². The molecule has 0 aliphatic rings. The lowest BCUT2D eigenvalue weighted by Crippen LogP contribution is -2.31. The van der Waals surface area contributed by atoms with Crippen molar-refractivity contribution in [2.45, 2.75) is 33.1 Å². The molecule has 6 nitrogen and oxygen atoms in total. The molecule has 7 heteroatoms. The van der Waals surface area contributed by atoms with E-state index in [0.717, 1.165) is 12.1 Å². The molecule has 1 amide bonds. The Hall–Kier alpha value is -2.54. The van der Waals surface area contributed by atoms with Crippen LogP contribution in [0.3, 0.4) is 0 Å². The molecule has 2 aromatic carbocycles. The summed E-state index contributed by atoms with van der Waals surface area (Å²) in [5, 5.41) is 2.84. The fourth-order valence-electron chi connectivity index (χ4n) is 2.79. The highest BCUT2D eigenvalue weighted by atomic mass is 32.2. The van der Waals surface area contributed by atoms with Crippen LogP contribution in [0, 0.1) is 0 Å². The second kappa shape index (κ2) is 10.1. The number of nitrogens with one attached hydrogen (secondary N) is 1. The van der Waals surface area contributed by atoms with Crippen molar-refractivity contribution in [2.75, 3.05) is 29.0 Å². The zero-order valence-electron chi connectivity index (χ0n) is 16.6. The second-order valence-corrected chi connectivity index (χ2v) is 8.37. The molecule has 28 heavy (non-hydrogen) atoms. The maximum atomic E-state index is 12.2. The van der Waals surface area contributed by atoms with Crippen molar-refractivity contribution in [1.82, 2.24) is 0 Å². The second-order valence-electron chi connectivity index (χ2n) is 6.46. The molecule has 0 radical (unpaired) electrons. The Labute approximate surface area is 167 Å². The molecule has 0 saturated carbocycles. The van der Waals surface area contributed by atoms with Gasteiger partial charge in [-0.25, -0.2) is 8.42 Å². The maximum Gasteiger partial charge on any atom is 0.232 e. The van der Waals surface area contributed by atoms with E-state index in [-0.39, 0.29) is 18.9 Å². The largest absolute Gasteiger partial charge is 0.494 e. The predicted octanol–water partition coefficient (Wildman–Crippen LogP) is 3.83. The first-order valence-corrected chi connectivity index (χ1v) is 11.3. The molecule has 0 bridgehead atoms. The molecule has 0 saturated heterocycles. The summed E-state index contributed by atoms with van der Waals surface area (Å²) < 4.78 is 31.0. The summed E-state index contributed by atoms with van der Waals surface area (Å²) in [7, 11) is -3.45. The molecule has 2 rings (SSSR count). The molecule has 0 fully saturated rings. The standard InChI is InChI=1S/C21H28N2O4S/c1-4-17-8-10-18(11-9-17)22-21(24)7-6-16-23(28(3,25)26)19-12-14-20(15-13-19)27-5-2/h8-15H,4-7,16H2,1-3H3,(H,22,24). The number of hydrogen-bond acceptors (Lipinski definition) is 4. The van der Waals surface area contributed by atoms with Crippen molar-refractivity contribution in [2.24, 2.45) is 0 Å². The molecule has 152 valence electrons. The summed E-state index contributed by atoms with van der Waals surface area (Å²) in [6.07, 6.45) is 2.76. The maximum absolute atomic E-state index is 12.2. The van der Waals surface area contributed by atoms with Gasteiger partial charge < -0.3 is 10.1 Å². The van der Waals surface area contributed by atoms with Crippen molar-refractivity contribution in [1.29, 1.82) is 0 Å². The third kappa shape index (κ3) is 6.56. The van der Waals surface area contributed by atoms with Crippen LogP contribution in [-0.4, -0.2) is 33.7 Å². The van der Waals surface area contributed by atoms with Gasteiger partial charge in [-0.15, -0.1) is 0 Å². The summed E-state index contributed by atoms with van der Waals surface area (Å²) in [4.78, 5) is 12.2. The van der Waals surface area contributed by atoms with Gasteiger partial charge in [-0.3, -0.25) is 9.10 Å². The third-order valence-electron chi connectivity index (χ3n) is 4.25. The number of amides is 1. The van der Waals surface area contributed by atoms with E-state index in [1.54, 1.807) is 24.3 Å². The molecule has 0 unspecified atom stereocenters. The third-order valence-corrected chi connectivity index (χ3v) is 5.44. The van der Waals surface area contributed by atoms with Gasteiger partial charge in [0.25, 0.3) is 0 Å². The lowest BCUT2D eigenvalue weighted by atomic mass is 10.1. The number of carbonyl (C=O) groups is 1. The Morgan fingerprint density at radius 2 is 1.68 bits per heavy atom. The molecule has 0 aliphatic heterocycles. The van der Waals surface area contributed by atoms with Crippen molar-refractivity contribution >= 4 is 27.3 Å². The first-order valence-electron chi connectivity index (χ1n) is 9.42. The highest BCUT2D eigenvalue weighted by Gasteiger charge is 2.17. The molecule has 0 aromatic heterocycles. The monoisotopic (exact) mass is 404 g/mol. The first kappa shape index (κ1) is 21.8. The quantitative estimate of drug-likeness (QED) is 0.653. The molecule has 0 atom stereocenters. The van der Waals surface area contributed by atoms with E-state index in [1.165, 1.54) is 16.1 Å². The van der Waals surface area contributed by atoms with Crippen LogP contribution in [-0.2, 0) is 21.2 Å². The molecule has 0 spiro atoms.